The molecule has 6 nitrogen and oxygen atoms in total. The number of carboxylic acid groups (broad SMARTS) is 1. The van der Waals surface area contributed by atoms with Crippen molar-refractivity contribution >= 4 is 34.8 Å². The van der Waals surface area contributed by atoms with Gasteiger partial charge in [0.05, 0.1) is 4.88 Å². The number of amides is 2. The van der Waals surface area contributed by atoms with Gasteiger partial charge in [-0.15, -0.1) is 11.3 Å². The van der Waals surface area contributed by atoms with Crippen LogP contribution in [0.2, 0.25) is 0 Å². The molecule has 2 amide bonds. The summed E-state index contributed by atoms with van der Waals surface area (Å²) in [5, 5.41) is 13.7. The molecule has 2 aromatic rings. The molecule has 0 aliphatic carbocycles. The van der Waals surface area contributed by atoms with Crippen LogP contribution >= 0.6 is 11.3 Å². The fourth-order valence-corrected chi connectivity index (χ4v) is 3.72. The minimum absolute atomic E-state index is 0.171. The number of rotatable bonds is 8. The molecule has 0 aliphatic rings. The highest BCUT2D eigenvalue weighted by Crippen LogP contribution is 2.25. The molecule has 1 heterocycles. The van der Waals surface area contributed by atoms with Crippen LogP contribution in [0.1, 0.15) is 50.7 Å². The van der Waals surface area contributed by atoms with E-state index in [2.05, 4.69) is 24.5 Å². The maximum absolute atomic E-state index is 12.5. The van der Waals surface area contributed by atoms with E-state index in [1.54, 1.807) is 24.3 Å². The Morgan fingerprint density at radius 3 is 2.35 bits per heavy atom. The Labute approximate surface area is 156 Å². The summed E-state index contributed by atoms with van der Waals surface area (Å²) < 4.78 is 0. The highest BCUT2D eigenvalue weighted by Gasteiger charge is 2.14. The molecule has 1 aromatic carbocycles. The molecule has 0 fully saturated rings. The summed E-state index contributed by atoms with van der Waals surface area (Å²) in [6.45, 7) is 3.76. The molecule has 0 aliphatic heterocycles. The number of thiophene rings is 1. The molecule has 0 radical (unpaired) electrons. The van der Waals surface area contributed by atoms with Crippen LogP contribution in [0.15, 0.2) is 30.3 Å². The number of aryl methyl sites for hydroxylation is 2. The number of hydrogen-bond donors (Lipinski definition) is 3. The van der Waals surface area contributed by atoms with Crippen molar-refractivity contribution in [2.75, 3.05) is 11.9 Å². The van der Waals surface area contributed by atoms with Gasteiger partial charge in [-0.1, -0.05) is 20.3 Å². The van der Waals surface area contributed by atoms with Gasteiger partial charge in [0, 0.05) is 16.1 Å². The molecular weight excluding hydrogens is 352 g/mol. The third-order valence-electron chi connectivity index (χ3n) is 3.78. The topological polar surface area (TPSA) is 95.5 Å². The average Bonchev–Trinajstić information content (AvgIpc) is 3.04. The van der Waals surface area contributed by atoms with Crippen molar-refractivity contribution in [2.24, 2.45) is 0 Å². The predicted molar refractivity (Wildman–Crippen MR) is 102 cm³/mol. The van der Waals surface area contributed by atoms with E-state index in [1.807, 2.05) is 6.07 Å². The number of carboxylic acids is 1. The summed E-state index contributed by atoms with van der Waals surface area (Å²) in [5.41, 5.74) is 2.12. The third-order valence-corrected chi connectivity index (χ3v) is 5.02. The number of nitrogens with one attached hydrogen (secondary N) is 2. The number of aliphatic carboxylic acids is 1. The lowest BCUT2D eigenvalue weighted by Gasteiger charge is -2.06. The van der Waals surface area contributed by atoms with Gasteiger partial charge >= 0.3 is 5.97 Å². The molecule has 1 aromatic heterocycles. The maximum Gasteiger partial charge on any atom is 0.322 e. The maximum atomic E-state index is 12.5. The molecule has 0 saturated heterocycles. The van der Waals surface area contributed by atoms with E-state index in [4.69, 9.17) is 5.11 Å². The van der Waals surface area contributed by atoms with Crippen molar-refractivity contribution in [2.45, 2.75) is 33.1 Å². The monoisotopic (exact) mass is 374 g/mol. The Balaban J connectivity index is 2.03. The number of hydrogen-bond acceptors (Lipinski definition) is 4. The van der Waals surface area contributed by atoms with Crippen LogP contribution in [0.25, 0.3) is 0 Å². The predicted octanol–water partition coefficient (Wildman–Crippen LogP) is 3.33. The van der Waals surface area contributed by atoms with Crippen LogP contribution < -0.4 is 10.6 Å². The molecule has 0 unspecified atom stereocenters. The zero-order chi connectivity index (χ0) is 19.1. The molecule has 0 bridgehead atoms. The Morgan fingerprint density at radius 2 is 1.77 bits per heavy atom. The lowest BCUT2D eigenvalue weighted by atomic mass is 10.1. The van der Waals surface area contributed by atoms with Gasteiger partial charge in [-0.2, -0.15) is 0 Å². The van der Waals surface area contributed by atoms with E-state index >= 15 is 0 Å². The summed E-state index contributed by atoms with van der Waals surface area (Å²) >= 11 is 1.52. The van der Waals surface area contributed by atoms with E-state index in [0.29, 0.717) is 16.1 Å². The van der Waals surface area contributed by atoms with Crippen LogP contribution in [0.5, 0.6) is 0 Å². The Bertz CT molecular complexity index is 796. The molecule has 2 rings (SSSR count). The SMILES string of the molecule is CCCc1sc(C(=O)Nc2ccc(C(=O)NCC(=O)O)cc2)cc1CC. The number of anilines is 1. The lowest BCUT2D eigenvalue weighted by molar-refractivity contribution is -0.135. The van der Waals surface area contributed by atoms with Crippen LogP contribution in [0.3, 0.4) is 0 Å². The Kier molecular flexibility index (Phi) is 6.91. The standard InChI is InChI=1S/C19H22N2O4S/c1-3-5-15-12(4-2)10-16(26-15)19(25)21-14-8-6-13(7-9-14)18(24)20-11-17(22)23/h6-10H,3-5,11H2,1-2H3,(H,20,24)(H,21,25)(H,22,23). The van der Waals surface area contributed by atoms with E-state index in [-0.39, 0.29) is 5.91 Å². The molecule has 138 valence electrons. The first-order valence-electron chi connectivity index (χ1n) is 8.47. The van der Waals surface area contributed by atoms with Crippen LogP contribution in [-0.4, -0.2) is 29.4 Å². The number of carbonyl (C=O) groups excluding carboxylic acids is 2. The summed E-state index contributed by atoms with van der Waals surface area (Å²) in [5.74, 6) is -1.75. The summed E-state index contributed by atoms with van der Waals surface area (Å²) in [6.07, 6.45) is 2.92. The van der Waals surface area contributed by atoms with Gasteiger partial charge in [0.1, 0.15) is 6.54 Å². The average molecular weight is 374 g/mol. The molecule has 7 heteroatoms. The van der Waals surface area contributed by atoms with Gasteiger partial charge < -0.3 is 15.7 Å². The Morgan fingerprint density at radius 1 is 1.08 bits per heavy atom. The first kappa shape index (κ1) is 19.7. The molecular formula is C19H22N2O4S. The Hall–Kier alpha value is -2.67. The van der Waals surface area contributed by atoms with Crippen LogP contribution in [0, 0.1) is 0 Å². The summed E-state index contributed by atoms with van der Waals surface area (Å²) in [6, 6.07) is 8.27. The van der Waals surface area contributed by atoms with Crippen LogP contribution in [-0.2, 0) is 17.6 Å². The zero-order valence-corrected chi connectivity index (χ0v) is 15.6. The van der Waals surface area contributed by atoms with Crippen molar-refractivity contribution in [1.29, 1.82) is 0 Å². The van der Waals surface area contributed by atoms with Gasteiger partial charge in [-0.05, 0) is 48.7 Å². The van der Waals surface area contributed by atoms with Crippen molar-refractivity contribution < 1.29 is 19.5 Å². The fourth-order valence-electron chi connectivity index (χ4n) is 2.47. The number of benzene rings is 1. The number of carbonyl (C=O) groups is 3. The molecule has 3 N–H and O–H groups in total. The van der Waals surface area contributed by atoms with E-state index in [9.17, 15) is 14.4 Å². The van der Waals surface area contributed by atoms with Crippen molar-refractivity contribution in [1.82, 2.24) is 5.32 Å². The van der Waals surface area contributed by atoms with Gasteiger partial charge in [0.25, 0.3) is 11.8 Å². The third kappa shape index (κ3) is 5.16. The fraction of sp³-hybridized carbons (Fsp3) is 0.316. The van der Waals surface area contributed by atoms with Crippen LogP contribution in [0.4, 0.5) is 5.69 Å². The molecule has 0 spiro atoms. The molecule has 0 saturated carbocycles. The van der Waals surface area contributed by atoms with Gasteiger partial charge in [-0.25, -0.2) is 0 Å². The lowest BCUT2D eigenvalue weighted by Crippen LogP contribution is -2.29. The van der Waals surface area contributed by atoms with Crippen molar-refractivity contribution in [3.05, 3.63) is 51.2 Å². The second-order valence-corrected chi connectivity index (χ2v) is 6.91. The highest BCUT2D eigenvalue weighted by molar-refractivity contribution is 7.14. The van der Waals surface area contributed by atoms with E-state index in [0.717, 1.165) is 19.3 Å². The van der Waals surface area contributed by atoms with E-state index < -0.39 is 18.4 Å². The highest BCUT2D eigenvalue weighted by atomic mass is 32.1. The quantitative estimate of drug-likeness (QED) is 0.660. The smallest absolute Gasteiger partial charge is 0.322 e. The minimum atomic E-state index is -1.10. The molecule has 0 atom stereocenters. The van der Waals surface area contributed by atoms with Gasteiger partial charge in [0.15, 0.2) is 0 Å². The summed E-state index contributed by atoms with van der Waals surface area (Å²) in [7, 11) is 0. The second kappa shape index (κ2) is 9.15. The summed E-state index contributed by atoms with van der Waals surface area (Å²) in [4.78, 5) is 36.6. The first-order chi connectivity index (χ1) is 12.4. The van der Waals surface area contributed by atoms with Gasteiger partial charge in [-0.3, -0.25) is 14.4 Å². The van der Waals surface area contributed by atoms with Crippen molar-refractivity contribution in [3.8, 4) is 0 Å². The van der Waals surface area contributed by atoms with Gasteiger partial charge in [0.2, 0.25) is 0 Å². The van der Waals surface area contributed by atoms with Crippen molar-refractivity contribution in [3.63, 3.8) is 0 Å². The largest absolute Gasteiger partial charge is 0.480 e. The first-order valence-corrected chi connectivity index (χ1v) is 9.29. The normalized spacial score (nSPS) is 10.4. The second-order valence-electron chi connectivity index (χ2n) is 5.77. The zero-order valence-electron chi connectivity index (χ0n) is 14.8. The molecule has 26 heavy (non-hydrogen) atoms. The minimum Gasteiger partial charge on any atom is -0.480 e. The van der Waals surface area contributed by atoms with E-state index in [1.165, 1.54) is 21.8 Å².